The average Bonchev–Trinajstić information content (AvgIpc) is 2.85. The van der Waals surface area contributed by atoms with Gasteiger partial charge in [0.15, 0.2) is 0 Å². The van der Waals surface area contributed by atoms with E-state index in [9.17, 15) is 0 Å². The smallest absolute Gasteiger partial charge is 0.0459 e. The molecule has 1 aromatic carbocycles. The van der Waals surface area contributed by atoms with Crippen LogP contribution in [0.15, 0.2) is 24.4 Å². The van der Waals surface area contributed by atoms with E-state index in [4.69, 9.17) is 0 Å². The van der Waals surface area contributed by atoms with Crippen LogP contribution in [0.25, 0.3) is 10.9 Å². The van der Waals surface area contributed by atoms with E-state index in [2.05, 4.69) is 48.1 Å². The Labute approximate surface area is 121 Å². The predicted molar refractivity (Wildman–Crippen MR) is 84.2 cm³/mol. The number of aromatic nitrogens is 1. The molecule has 2 nitrogen and oxygen atoms in total. The summed E-state index contributed by atoms with van der Waals surface area (Å²) in [5.74, 6) is 1.55. The van der Waals surface area contributed by atoms with Crippen LogP contribution in [0.3, 0.4) is 0 Å². The van der Waals surface area contributed by atoms with E-state index in [1.807, 2.05) is 0 Å². The molecular formula is C18H24N2. The molecule has 1 saturated heterocycles. The number of likely N-dealkylation sites (tertiary alicyclic amines) is 1. The highest BCUT2D eigenvalue weighted by atomic mass is 15.2. The number of hydrogen-bond donors (Lipinski definition) is 1. The third kappa shape index (κ3) is 1.74. The zero-order valence-corrected chi connectivity index (χ0v) is 12.5. The number of fused-ring (bicyclic) bond motifs is 2. The van der Waals surface area contributed by atoms with Crippen LogP contribution in [0.5, 0.6) is 0 Å². The van der Waals surface area contributed by atoms with E-state index in [-0.39, 0.29) is 0 Å². The van der Waals surface area contributed by atoms with Gasteiger partial charge in [-0.1, -0.05) is 26.0 Å². The Hall–Kier alpha value is -1.28. The van der Waals surface area contributed by atoms with Gasteiger partial charge in [0.1, 0.15) is 0 Å². The van der Waals surface area contributed by atoms with Crippen LogP contribution in [0.1, 0.15) is 43.7 Å². The number of H-pyrrole nitrogens is 1. The van der Waals surface area contributed by atoms with Gasteiger partial charge in [0.2, 0.25) is 0 Å². The molecule has 0 radical (unpaired) electrons. The van der Waals surface area contributed by atoms with Crippen molar-refractivity contribution in [1.29, 1.82) is 0 Å². The monoisotopic (exact) mass is 268 g/mol. The fourth-order valence-corrected chi connectivity index (χ4v) is 4.59. The van der Waals surface area contributed by atoms with Gasteiger partial charge in [0.25, 0.3) is 0 Å². The second kappa shape index (κ2) is 4.63. The first kappa shape index (κ1) is 12.5. The molecule has 0 spiro atoms. The lowest BCUT2D eigenvalue weighted by Crippen LogP contribution is -2.49. The minimum Gasteiger partial charge on any atom is -0.361 e. The summed E-state index contributed by atoms with van der Waals surface area (Å²) in [6, 6.07) is 7.54. The molecule has 1 fully saturated rings. The van der Waals surface area contributed by atoms with Gasteiger partial charge in [-0.2, -0.15) is 0 Å². The van der Waals surface area contributed by atoms with Crippen LogP contribution in [0.4, 0.5) is 0 Å². The molecule has 1 unspecified atom stereocenters. The molecule has 1 aliphatic heterocycles. The Morgan fingerprint density at radius 2 is 2.25 bits per heavy atom. The lowest BCUT2D eigenvalue weighted by Gasteiger charge is -2.46. The Balaban J connectivity index is 1.82. The van der Waals surface area contributed by atoms with E-state index in [1.165, 1.54) is 48.8 Å². The molecule has 4 rings (SSSR count). The first-order valence-corrected chi connectivity index (χ1v) is 8.11. The van der Waals surface area contributed by atoms with Gasteiger partial charge in [-0.15, -0.1) is 0 Å². The Bertz CT molecular complexity index is 627. The fraction of sp³-hybridized carbons (Fsp3) is 0.556. The van der Waals surface area contributed by atoms with Crippen molar-refractivity contribution in [2.24, 2.45) is 5.92 Å². The molecular weight excluding hydrogens is 244 g/mol. The zero-order chi connectivity index (χ0) is 13.7. The van der Waals surface area contributed by atoms with Crippen molar-refractivity contribution in [3.63, 3.8) is 0 Å². The number of rotatable bonds is 2. The molecule has 0 saturated carbocycles. The second-order valence-electron chi connectivity index (χ2n) is 6.80. The summed E-state index contributed by atoms with van der Waals surface area (Å²) in [5.41, 5.74) is 4.46. The maximum Gasteiger partial charge on any atom is 0.0459 e. The normalized spacial score (nSPS) is 29.6. The lowest BCUT2D eigenvalue weighted by molar-refractivity contribution is 0.0911. The number of hydrogen-bond acceptors (Lipinski definition) is 1. The van der Waals surface area contributed by atoms with E-state index in [0.29, 0.717) is 0 Å². The molecule has 2 aliphatic rings. The van der Waals surface area contributed by atoms with Crippen LogP contribution >= 0.6 is 0 Å². The maximum atomic E-state index is 3.47. The molecule has 0 bridgehead atoms. The molecule has 1 aliphatic carbocycles. The summed E-state index contributed by atoms with van der Waals surface area (Å²) in [6.07, 6.45) is 6.09. The predicted octanol–water partition coefficient (Wildman–Crippen LogP) is 3.93. The third-order valence-corrected chi connectivity index (χ3v) is 5.30. The summed E-state index contributed by atoms with van der Waals surface area (Å²) >= 11 is 0. The number of nitrogens with one attached hydrogen (secondary N) is 1. The van der Waals surface area contributed by atoms with Crippen molar-refractivity contribution in [2.45, 2.75) is 45.1 Å². The highest BCUT2D eigenvalue weighted by Crippen LogP contribution is 2.44. The fourth-order valence-electron chi connectivity index (χ4n) is 4.59. The summed E-state index contributed by atoms with van der Waals surface area (Å²) in [7, 11) is 0. The quantitative estimate of drug-likeness (QED) is 0.874. The molecule has 2 heterocycles. The van der Waals surface area contributed by atoms with Crippen molar-refractivity contribution in [3.8, 4) is 0 Å². The first-order chi connectivity index (χ1) is 9.78. The van der Waals surface area contributed by atoms with E-state index >= 15 is 0 Å². The van der Waals surface area contributed by atoms with E-state index in [1.54, 1.807) is 5.56 Å². The van der Waals surface area contributed by atoms with Crippen molar-refractivity contribution in [1.82, 2.24) is 9.88 Å². The molecule has 2 aromatic rings. The van der Waals surface area contributed by atoms with Gasteiger partial charge in [-0.3, -0.25) is 4.90 Å². The number of benzene rings is 1. The molecule has 20 heavy (non-hydrogen) atoms. The van der Waals surface area contributed by atoms with Gasteiger partial charge < -0.3 is 4.98 Å². The molecule has 1 aromatic heterocycles. The molecule has 0 amide bonds. The minimum atomic E-state index is 0.722. The maximum absolute atomic E-state index is 3.47. The standard InChI is InChI=1S/C18H24N2/c1-3-7-20-11-12(2)8-15-14-5-4-6-16-18(14)13(10-19-16)9-17(15)20/h4-6,10,12,15,17,19H,3,7-9,11H2,1-2H3/t12?,15-,17-/m1/s1. The van der Waals surface area contributed by atoms with Crippen LogP contribution in [0.2, 0.25) is 0 Å². The highest BCUT2D eigenvalue weighted by Gasteiger charge is 2.39. The average molecular weight is 268 g/mol. The minimum absolute atomic E-state index is 0.722. The van der Waals surface area contributed by atoms with Gasteiger partial charge in [-0.25, -0.2) is 0 Å². The molecule has 1 N–H and O–H groups in total. The summed E-state index contributed by atoms with van der Waals surface area (Å²) in [4.78, 5) is 6.23. The van der Waals surface area contributed by atoms with Crippen LogP contribution in [0, 0.1) is 5.92 Å². The van der Waals surface area contributed by atoms with Crippen LogP contribution in [-0.2, 0) is 6.42 Å². The largest absolute Gasteiger partial charge is 0.361 e. The summed E-state index contributed by atoms with van der Waals surface area (Å²) in [5, 5.41) is 1.53. The summed E-state index contributed by atoms with van der Waals surface area (Å²) < 4.78 is 0. The SMILES string of the molecule is CCCN1CC(C)C[C@@H]2c3cccc4[nH]cc(c34)C[C@H]21. The second-order valence-corrected chi connectivity index (χ2v) is 6.80. The van der Waals surface area contributed by atoms with Crippen molar-refractivity contribution >= 4 is 10.9 Å². The Kier molecular flexibility index (Phi) is 2.88. The number of piperidine rings is 1. The Morgan fingerprint density at radius 3 is 3.10 bits per heavy atom. The Morgan fingerprint density at radius 1 is 1.35 bits per heavy atom. The van der Waals surface area contributed by atoms with Gasteiger partial charge in [-0.05, 0) is 48.9 Å². The topological polar surface area (TPSA) is 19.0 Å². The van der Waals surface area contributed by atoms with Gasteiger partial charge in [0, 0.05) is 35.6 Å². The van der Waals surface area contributed by atoms with Gasteiger partial charge in [0.05, 0.1) is 0 Å². The van der Waals surface area contributed by atoms with Crippen molar-refractivity contribution < 1.29 is 0 Å². The molecule has 3 atom stereocenters. The number of aromatic amines is 1. The zero-order valence-electron chi connectivity index (χ0n) is 12.5. The van der Waals surface area contributed by atoms with Gasteiger partial charge >= 0.3 is 0 Å². The molecule has 106 valence electrons. The van der Waals surface area contributed by atoms with E-state index < -0.39 is 0 Å². The van der Waals surface area contributed by atoms with Crippen molar-refractivity contribution in [3.05, 3.63) is 35.5 Å². The highest BCUT2D eigenvalue weighted by molar-refractivity contribution is 5.88. The van der Waals surface area contributed by atoms with Crippen LogP contribution < -0.4 is 0 Å². The molecule has 2 heteroatoms. The summed E-state index contributed by atoms with van der Waals surface area (Å²) in [6.45, 7) is 7.26. The van der Waals surface area contributed by atoms with Crippen molar-refractivity contribution in [2.75, 3.05) is 13.1 Å². The number of nitrogens with zero attached hydrogens (tertiary/aromatic N) is 1. The third-order valence-electron chi connectivity index (χ3n) is 5.30. The first-order valence-electron chi connectivity index (χ1n) is 8.11. The lowest BCUT2D eigenvalue weighted by atomic mass is 9.72. The van der Waals surface area contributed by atoms with Crippen LogP contribution in [-0.4, -0.2) is 29.0 Å². The van der Waals surface area contributed by atoms with E-state index in [0.717, 1.165) is 17.9 Å².